The van der Waals surface area contributed by atoms with Gasteiger partial charge in [-0.25, -0.2) is 22.8 Å². The zero-order valence-electron chi connectivity index (χ0n) is 17.6. The topological polar surface area (TPSA) is 95.5 Å². The maximum absolute atomic E-state index is 13.3. The van der Waals surface area contributed by atoms with E-state index in [0.717, 1.165) is 36.2 Å². The van der Waals surface area contributed by atoms with Crippen LogP contribution in [0.4, 0.5) is 10.2 Å². The fourth-order valence-electron chi connectivity index (χ4n) is 4.25. The minimum absolute atomic E-state index is 0.000580. The van der Waals surface area contributed by atoms with Crippen molar-refractivity contribution in [3.63, 3.8) is 0 Å². The first kappa shape index (κ1) is 21.6. The van der Waals surface area contributed by atoms with Crippen LogP contribution >= 0.6 is 0 Å². The smallest absolute Gasteiger partial charge is 0.243 e. The molecule has 4 rings (SSSR count). The Morgan fingerprint density at radius 2 is 1.90 bits per heavy atom. The van der Waals surface area contributed by atoms with E-state index in [-0.39, 0.29) is 10.8 Å². The molecular formula is C21H26FN5O3S. The molecule has 1 aromatic heterocycles. The van der Waals surface area contributed by atoms with Crippen molar-refractivity contribution in [2.45, 2.75) is 50.1 Å². The average molecular weight is 448 g/mol. The summed E-state index contributed by atoms with van der Waals surface area (Å²) in [5.41, 5.74) is 1.72. The predicted molar refractivity (Wildman–Crippen MR) is 113 cm³/mol. The van der Waals surface area contributed by atoms with Crippen molar-refractivity contribution in [2.75, 3.05) is 25.5 Å². The first-order valence-electron chi connectivity index (χ1n) is 10.4. The molecule has 0 spiro atoms. The molecule has 1 N–H and O–H groups in total. The molecule has 10 heteroatoms. The largest absolute Gasteiger partial charge is 0.373 e. The number of piperidine rings is 1. The average Bonchev–Trinajstić information content (AvgIpc) is 2.78. The lowest BCUT2D eigenvalue weighted by Gasteiger charge is -2.35. The van der Waals surface area contributed by atoms with Gasteiger partial charge in [0.15, 0.2) is 0 Å². The van der Waals surface area contributed by atoms with Crippen molar-refractivity contribution in [3.05, 3.63) is 47.2 Å². The Morgan fingerprint density at radius 3 is 2.58 bits per heavy atom. The number of anilines is 1. The third kappa shape index (κ3) is 4.14. The van der Waals surface area contributed by atoms with Gasteiger partial charge in [-0.1, -0.05) is 6.42 Å². The highest BCUT2D eigenvalue weighted by atomic mass is 32.2. The van der Waals surface area contributed by atoms with Crippen molar-refractivity contribution in [1.29, 1.82) is 0 Å². The maximum Gasteiger partial charge on any atom is 0.243 e. The number of hydrogen-bond donors (Lipinski definition) is 1. The monoisotopic (exact) mass is 447 g/mol. The fourth-order valence-corrected chi connectivity index (χ4v) is 5.91. The summed E-state index contributed by atoms with van der Waals surface area (Å²) in [6, 6.07) is 4.40. The molecule has 0 saturated carbocycles. The molecule has 0 unspecified atom stereocenters. The standard InChI is InChI=1S/C21H26FN5O3S/c1-14(28)26-12-10-18-17(13-26)20(23-2)25-21(24-18)19-5-3-4-11-27(19)31(29,30)16-8-6-15(22)7-9-16/h6-9,19H,3-5,10-13H2,1-2H3,(H,23,24,25)/t19-/m0/s1. The molecule has 1 amide bonds. The van der Waals surface area contributed by atoms with Gasteiger partial charge in [-0.15, -0.1) is 0 Å². The summed E-state index contributed by atoms with van der Waals surface area (Å²) in [6.07, 6.45) is 2.82. The number of halogens is 1. The lowest BCUT2D eigenvalue weighted by molar-refractivity contribution is -0.129. The lowest BCUT2D eigenvalue weighted by Crippen LogP contribution is -2.40. The van der Waals surface area contributed by atoms with E-state index in [0.29, 0.717) is 44.1 Å². The Kier molecular flexibility index (Phi) is 5.94. The van der Waals surface area contributed by atoms with E-state index < -0.39 is 21.9 Å². The number of sulfonamides is 1. The summed E-state index contributed by atoms with van der Waals surface area (Å²) in [6.45, 7) is 2.91. The summed E-state index contributed by atoms with van der Waals surface area (Å²) in [5.74, 6) is 0.603. The van der Waals surface area contributed by atoms with E-state index in [1.54, 1.807) is 18.9 Å². The second-order valence-corrected chi connectivity index (χ2v) is 9.77. The molecule has 166 valence electrons. The minimum atomic E-state index is -3.82. The van der Waals surface area contributed by atoms with Gasteiger partial charge in [0, 0.05) is 39.0 Å². The van der Waals surface area contributed by atoms with Crippen LogP contribution in [0.25, 0.3) is 0 Å². The SMILES string of the molecule is CNc1nc([C@@H]2CCCCN2S(=O)(=O)c2ccc(F)cc2)nc2c1CN(C(C)=O)CC2. The van der Waals surface area contributed by atoms with Gasteiger partial charge in [-0.2, -0.15) is 4.31 Å². The van der Waals surface area contributed by atoms with Crippen LogP contribution in [-0.4, -0.2) is 53.6 Å². The number of rotatable bonds is 4. The Balaban J connectivity index is 1.72. The molecule has 1 fully saturated rings. The highest BCUT2D eigenvalue weighted by Crippen LogP contribution is 2.36. The number of carbonyl (C=O) groups excluding carboxylic acids is 1. The number of nitrogens with one attached hydrogen (secondary N) is 1. The van der Waals surface area contributed by atoms with Crippen molar-refractivity contribution in [2.24, 2.45) is 0 Å². The van der Waals surface area contributed by atoms with E-state index in [2.05, 4.69) is 10.3 Å². The van der Waals surface area contributed by atoms with Crippen LogP contribution in [0.1, 0.15) is 49.3 Å². The summed E-state index contributed by atoms with van der Waals surface area (Å²) >= 11 is 0. The summed E-state index contributed by atoms with van der Waals surface area (Å²) < 4.78 is 41.4. The molecule has 1 aromatic carbocycles. The lowest BCUT2D eigenvalue weighted by atomic mass is 10.0. The summed E-state index contributed by atoms with van der Waals surface area (Å²) in [4.78, 5) is 23.0. The molecule has 0 aliphatic carbocycles. The number of benzene rings is 1. The quantitative estimate of drug-likeness (QED) is 0.774. The highest BCUT2D eigenvalue weighted by molar-refractivity contribution is 7.89. The molecule has 2 aliphatic rings. The van der Waals surface area contributed by atoms with Crippen LogP contribution in [-0.2, 0) is 27.8 Å². The van der Waals surface area contributed by atoms with Crippen molar-refractivity contribution >= 4 is 21.7 Å². The molecule has 31 heavy (non-hydrogen) atoms. The molecule has 1 saturated heterocycles. The molecule has 0 radical (unpaired) electrons. The van der Waals surface area contributed by atoms with Crippen LogP contribution in [0.2, 0.25) is 0 Å². The van der Waals surface area contributed by atoms with Crippen LogP contribution < -0.4 is 5.32 Å². The van der Waals surface area contributed by atoms with Gasteiger partial charge in [-0.05, 0) is 37.1 Å². The molecular weight excluding hydrogens is 421 g/mol. The van der Waals surface area contributed by atoms with Crippen molar-refractivity contribution < 1.29 is 17.6 Å². The number of fused-ring (bicyclic) bond motifs is 1. The third-order valence-corrected chi connectivity index (χ3v) is 7.85. The fraction of sp³-hybridized carbons (Fsp3) is 0.476. The Morgan fingerprint density at radius 1 is 1.16 bits per heavy atom. The van der Waals surface area contributed by atoms with Crippen LogP contribution in [0, 0.1) is 5.82 Å². The third-order valence-electron chi connectivity index (χ3n) is 5.93. The number of aromatic nitrogens is 2. The van der Waals surface area contributed by atoms with Gasteiger partial charge in [0.25, 0.3) is 0 Å². The van der Waals surface area contributed by atoms with Crippen molar-refractivity contribution in [3.8, 4) is 0 Å². The number of amides is 1. The summed E-state index contributed by atoms with van der Waals surface area (Å²) in [7, 11) is -2.07. The molecule has 1 atom stereocenters. The van der Waals surface area contributed by atoms with Gasteiger partial charge >= 0.3 is 0 Å². The molecule has 0 bridgehead atoms. The van der Waals surface area contributed by atoms with E-state index in [1.807, 2.05) is 0 Å². The van der Waals surface area contributed by atoms with Crippen molar-refractivity contribution in [1.82, 2.24) is 19.2 Å². The molecule has 2 aliphatic heterocycles. The van der Waals surface area contributed by atoms with Gasteiger partial charge in [0.05, 0.1) is 23.2 Å². The molecule has 3 heterocycles. The van der Waals surface area contributed by atoms with Crippen LogP contribution in [0.3, 0.4) is 0 Å². The van der Waals surface area contributed by atoms with E-state index >= 15 is 0 Å². The number of hydrogen-bond acceptors (Lipinski definition) is 6. The van der Waals surface area contributed by atoms with Crippen LogP contribution in [0.5, 0.6) is 0 Å². The Hall–Kier alpha value is -2.59. The second-order valence-electron chi connectivity index (χ2n) is 7.88. The van der Waals surface area contributed by atoms with Crippen LogP contribution in [0.15, 0.2) is 29.2 Å². The van der Waals surface area contributed by atoms with Gasteiger partial charge in [-0.3, -0.25) is 4.79 Å². The minimum Gasteiger partial charge on any atom is -0.373 e. The summed E-state index contributed by atoms with van der Waals surface area (Å²) in [5, 5.41) is 3.09. The zero-order chi connectivity index (χ0) is 22.2. The van der Waals surface area contributed by atoms with E-state index in [1.165, 1.54) is 16.4 Å². The van der Waals surface area contributed by atoms with Gasteiger partial charge < -0.3 is 10.2 Å². The maximum atomic E-state index is 13.3. The molecule has 8 nitrogen and oxygen atoms in total. The number of nitrogens with zero attached hydrogens (tertiary/aromatic N) is 4. The predicted octanol–water partition coefficient (Wildman–Crippen LogP) is 2.48. The Bertz CT molecular complexity index is 1070. The highest BCUT2D eigenvalue weighted by Gasteiger charge is 2.37. The number of carbonyl (C=O) groups is 1. The van der Waals surface area contributed by atoms with E-state index in [9.17, 15) is 17.6 Å². The first-order valence-corrected chi connectivity index (χ1v) is 11.9. The zero-order valence-corrected chi connectivity index (χ0v) is 18.5. The second kappa shape index (κ2) is 8.51. The van der Waals surface area contributed by atoms with Gasteiger partial charge in [0.1, 0.15) is 17.5 Å². The Labute approximate surface area is 181 Å². The van der Waals surface area contributed by atoms with E-state index in [4.69, 9.17) is 4.98 Å². The first-order chi connectivity index (χ1) is 14.8. The normalized spacial score (nSPS) is 19.7. The molecule has 2 aromatic rings. The van der Waals surface area contributed by atoms with Gasteiger partial charge in [0.2, 0.25) is 15.9 Å².